The fraction of sp³-hybridized carbons (Fsp3) is 0.0588. The van der Waals surface area contributed by atoms with Crippen LogP contribution in [0.15, 0.2) is 58.3 Å². The highest BCUT2D eigenvalue weighted by molar-refractivity contribution is 9.10. The second-order valence-electron chi connectivity index (χ2n) is 5.02. The molecule has 0 aliphatic carbocycles. The molecule has 0 bridgehead atoms. The first-order chi connectivity index (χ1) is 12.0. The zero-order chi connectivity index (χ0) is 18.0. The van der Waals surface area contributed by atoms with Gasteiger partial charge >= 0.3 is 0 Å². The van der Waals surface area contributed by atoms with Crippen molar-refractivity contribution in [2.24, 2.45) is 0 Å². The monoisotopic (exact) mass is 423 g/mol. The predicted octanol–water partition coefficient (Wildman–Crippen LogP) is 4.89. The Bertz CT molecular complexity index is 928. The number of nitrogens with zero attached hydrogens (tertiary/aromatic N) is 2. The maximum atomic E-state index is 13.2. The van der Waals surface area contributed by atoms with Crippen molar-refractivity contribution in [1.29, 1.82) is 0 Å². The van der Waals surface area contributed by atoms with Gasteiger partial charge in [0.2, 0.25) is 0 Å². The normalized spacial score (nSPS) is 10.7. The minimum absolute atomic E-state index is 0.284. The van der Waals surface area contributed by atoms with E-state index in [4.69, 9.17) is 0 Å². The lowest BCUT2D eigenvalue weighted by Gasteiger charge is -2.12. The van der Waals surface area contributed by atoms with Gasteiger partial charge in [0, 0.05) is 10.2 Å². The fourth-order valence-corrected chi connectivity index (χ4v) is 3.25. The highest BCUT2D eigenvalue weighted by Gasteiger charge is 2.18. The van der Waals surface area contributed by atoms with Crippen LogP contribution in [0.2, 0.25) is 0 Å². The van der Waals surface area contributed by atoms with E-state index < -0.39 is 11.7 Å². The molecule has 128 valence electrons. The third-order valence-electron chi connectivity index (χ3n) is 3.41. The van der Waals surface area contributed by atoms with Crippen LogP contribution < -0.4 is 5.32 Å². The molecule has 25 heavy (non-hydrogen) atoms. The molecule has 0 aliphatic heterocycles. The molecule has 3 rings (SSSR count). The Morgan fingerprint density at radius 1 is 1.16 bits per heavy atom. The van der Waals surface area contributed by atoms with Gasteiger partial charge in [0.05, 0.1) is 11.9 Å². The number of halogens is 3. The summed E-state index contributed by atoms with van der Waals surface area (Å²) in [6.07, 6.45) is 3.28. The molecule has 0 spiro atoms. The summed E-state index contributed by atoms with van der Waals surface area (Å²) < 4.78 is 28.4. The van der Waals surface area contributed by atoms with Crippen molar-refractivity contribution in [2.45, 2.75) is 5.16 Å². The zero-order valence-corrected chi connectivity index (χ0v) is 15.4. The number of nitrogens with one attached hydrogen (secondary N) is 1. The number of benzene rings is 2. The van der Waals surface area contributed by atoms with E-state index >= 15 is 0 Å². The number of imidazole rings is 1. The number of carbonyl (C=O) groups is 1. The zero-order valence-electron chi connectivity index (χ0n) is 13.0. The SMILES string of the molecule is CSc1ncc(C(=O)Nc2ccc(F)cc2Br)n1-c1ccc(F)cc1. The van der Waals surface area contributed by atoms with Gasteiger partial charge in [-0.25, -0.2) is 13.8 Å². The summed E-state index contributed by atoms with van der Waals surface area (Å²) in [5.74, 6) is -1.19. The average molecular weight is 424 g/mol. The van der Waals surface area contributed by atoms with Crippen LogP contribution in [0.4, 0.5) is 14.5 Å². The predicted molar refractivity (Wildman–Crippen MR) is 97.4 cm³/mol. The average Bonchev–Trinajstić information content (AvgIpc) is 3.02. The summed E-state index contributed by atoms with van der Waals surface area (Å²) in [4.78, 5) is 16.9. The van der Waals surface area contributed by atoms with Crippen molar-refractivity contribution in [3.8, 4) is 5.69 Å². The molecule has 0 saturated carbocycles. The summed E-state index contributed by atoms with van der Waals surface area (Å²) in [6.45, 7) is 0. The van der Waals surface area contributed by atoms with Crippen LogP contribution >= 0.6 is 27.7 Å². The molecule has 0 saturated heterocycles. The molecule has 8 heteroatoms. The second-order valence-corrected chi connectivity index (χ2v) is 6.65. The standard InChI is InChI=1S/C17H12BrF2N3OS/c1-25-17-21-9-15(23(17)12-5-2-10(19)3-6-12)16(24)22-14-7-4-11(20)8-13(14)18/h2-9H,1H3,(H,22,24). The lowest BCUT2D eigenvalue weighted by atomic mass is 10.2. The summed E-state index contributed by atoms with van der Waals surface area (Å²) in [6, 6.07) is 9.76. The Morgan fingerprint density at radius 2 is 1.84 bits per heavy atom. The lowest BCUT2D eigenvalue weighted by Crippen LogP contribution is -2.17. The third kappa shape index (κ3) is 3.74. The molecule has 0 radical (unpaired) electrons. The number of rotatable bonds is 4. The van der Waals surface area contributed by atoms with Gasteiger partial charge in [-0.05, 0) is 64.7 Å². The van der Waals surface area contributed by atoms with E-state index in [0.717, 1.165) is 0 Å². The number of amides is 1. The Labute approximate surface area is 155 Å². The maximum absolute atomic E-state index is 13.2. The van der Waals surface area contributed by atoms with Crippen molar-refractivity contribution < 1.29 is 13.6 Å². The van der Waals surface area contributed by atoms with Crippen molar-refractivity contribution in [1.82, 2.24) is 9.55 Å². The molecule has 0 aliphatic rings. The molecule has 0 atom stereocenters. The number of aromatic nitrogens is 2. The van der Waals surface area contributed by atoms with Crippen molar-refractivity contribution in [2.75, 3.05) is 11.6 Å². The molecule has 0 fully saturated rings. The summed E-state index contributed by atoms with van der Waals surface area (Å²) in [5.41, 5.74) is 1.34. The van der Waals surface area contributed by atoms with Crippen LogP contribution in [-0.2, 0) is 0 Å². The molecule has 2 aromatic carbocycles. The van der Waals surface area contributed by atoms with E-state index in [1.807, 2.05) is 6.26 Å². The van der Waals surface area contributed by atoms with Crippen LogP contribution in [0.5, 0.6) is 0 Å². The van der Waals surface area contributed by atoms with E-state index in [0.29, 0.717) is 21.0 Å². The Balaban J connectivity index is 1.98. The van der Waals surface area contributed by atoms with Crippen LogP contribution in [0, 0.1) is 11.6 Å². The van der Waals surface area contributed by atoms with Gasteiger partial charge in [0.15, 0.2) is 5.16 Å². The molecule has 1 amide bonds. The van der Waals surface area contributed by atoms with E-state index in [1.54, 1.807) is 16.7 Å². The highest BCUT2D eigenvalue weighted by Crippen LogP contribution is 2.26. The minimum atomic E-state index is -0.413. The van der Waals surface area contributed by atoms with Gasteiger partial charge in [0.25, 0.3) is 5.91 Å². The van der Waals surface area contributed by atoms with E-state index in [9.17, 15) is 13.6 Å². The molecule has 1 heterocycles. The Kier molecular flexibility index (Phi) is 5.19. The summed E-state index contributed by atoms with van der Waals surface area (Å²) in [7, 11) is 0. The van der Waals surface area contributed by atoms with E-state index in [2.05, 4.69) is 26.2 Å². The van der Waals surface area contributed by atoms with E-state index in [-0.39, 0.29) is 11.5 Å². The van der Waals surface area contributed by atoms with Crippen molar-refractivity contribution in [3.63, 3.8) is 0 Å². The lowest BCUT2D eigenvalue weighted by molar-refractivity contribution is 0.102. The number of anilines is 1. The number of hydrogen-bond donors (Lipinski definition) is 1. The van der Waals surface area contributed by atoms with Crippen molar-refractivity contribution >= 4 is 39.3 Å². The molecule has 0 unspecified atom stereocenters. The highest BCUT2D eigenvalue weighted by atomic mass is 79.9. The van der Waals surface area contributed by atoms with Gasteiger partial charge in [-0.15, -0.1) is 0 Å². The van der Waals surface area contributed by atoms with Gasteiger partial charge in [-0.2, -0.15) is 0 Å². The van der Waals surface area contributed by atoms with Crippen LogP contribution in [0.25, 0.3) is 5.69 Å². The van der Waals surface area contributed by atoms with Gasteiger partial charge < -0.3 is 5.32 Å². The number of carbonyl (C=O) groups excluding carboxylic acids is 1. The molecular formula is C17H12BrF2N3OS. The third-order valence-corrected chi connectivity index (χ3v) is 4.72. The topological polar surface area (TPSA) is 46.9 Å². The first kappa shape index (κ1) is 17.6. The molecule has 1 N–H and O–H groups in total. The minimum Gasteiger partial charge on any atom is -0.320 e. The van der Waals surface area contributed by atoms with E-state index in [1.165, 1.54) is 48.3 Å². The number of thioether (sulfide) groups is 1. The molecule has 4 nitrogen and oxygen atoms in total. The van der Waals surface area contributed by atoms with Gasteiger partial charge in [-0.3, -0.25) is 9.36 Å². The molecule has 3 aromatic rings. The fourth-order valence-electron chi connectivity index (χ4n) is 2.26. The van der Waals surface area contributed by atoms with Gasteiger partial charge in [0.1, 0.15) is 17.3 Å². The first-order valence-electron chi connectivity index (χ1n) is 7.13. The van der Waals surface area contributed by atoms with Crippen LogP contribution in [-0.4, -0.2) is 21.7 Å². The maximum Gasteiger partial charge on any atom is 0.274 e. The Hall–Kier alpha value is -2.19. The molecular weight excluding hydrogens is 412 g/mol. The van der Waals surface area contributed by atoms with Crippen LogP contribution in [0.3, 0.4) is 0 Å². The molecule has 1 aromatic heterocycles. The largest absolute Gasteiger partial charge is 0.320 e. The summed E-state index contributed by atoms with van der Waals surface area (Å²) >= 11 is 4.58. The van der Waals surface area contributed by atoms with Crippen molar-refractivity contribution in [3.05, 3.63) is 70.5 Å². The van der Waals surface area contributed by atoms with Crippen LogP contribution in [0.1, 0.15) is 10.5 Å². The first-order valence-corrected chi connectivity index (χ1v) is 9.15. The summed E-state index contributed by atoms with van der Waals surface area (Å²) in [5, 5.41) is 3.31. The second kappa shape index (κ2) is 7.37. The van der Waals surface area contributed by atoms with Gasteiger partial charge in [-0.1, -0.05) is 11.8 Å². The smallest absolute Gasteiger partial charge is 0.274 e. The number of hydrogen-bond acceptors (Lipinski definition) is 3. The Morgan fingerprint density at radius 3 is 2.48 bits per heavy atom. The quantitative estimate of drug-likeness (QED) is 0.607.